The van der Waals surface area contributed by atoms with Crippen molar-refractivity contribution in [2.75, 3.05) is 7.11 Å². The van der Waals surface area contributed by atoms with E-state index in [1.165, 1.54) is 32.1 Å². The highest BCUT2D eigenvalue weighted by Gasteiger charge is 2.64. The number of aliphatic hydroxyl groups excluding tert-OH is 1. The molecule has 10 atom stereocenters. The van der Waals surface area contributed by atoms with Crippen LogP contribution in [0.1, 0.15) is 120 Å². The Balaban J connectivity index is 0.000000815. The van der Waals surface area contributed by atoms with E-state index < -0.39 is 0 Å². The molecule has 0 heterocycles. The number of ether oxygens (including phenoxy) is 1. The van der Waals surface area contributed by atoms with Crippen molar-refractivity contribution in [2.24, 2.45) is 51.8 Å². The van der Waals surface area contributed by atoms with Crippen molar-refractivity contribution < 1.29 is 14.6 Å². The zero-order valence-corrected chi connectivity index (χ0v) is 24.5. The predicted molar refractivity (Wildman–Crippen MR) is 146 cm³/mol. The second-order valence-electron chi connectivity index (χ2n) is 12.7. The third-order valence-corrected chi connectivity index (χ3v) is 11.7. The summed E-state index contributed by atoms with van der Waals surface area (Å²) < 4.78 is 5.43. The van der Waals surface area contributed by atoms with Crippen molar-refractivity contribution in [3.63, 3.8) is 0 Å². The number of methoxy groups -OCH3 is 1. The van der Waals surface area contributed by atoms with E-state index in [1.54, 1.807) is 12.7 Å². The van der Waals surface area contributed by atoms with E-state index in [2.05, 4.69) is 33.8 Å². The molecule has 5 aliphatic carbocycles. The van der Waals surface area contributed by atoms with E-state index in [-0.39, 0.29) is 17.5 Å². The Labute approximate surface area is 216 Å². The number of aliphatic hydroxyl groups is 1. The summed E-state index contributed by atoms with van der Waals surface area (Å²) in [4.78, 5) is 13.1. The van der Waals surface area contributed by atoms with Crippen LogP contribution < -0.4 is 0 Å². The van der Waals surface area contributed by atoms with E-state index in [1.807, 2.05) is 27.7 Å². The molecular weight excluding hydrogens is 432 g/mol. The van der Waals surface area contributed by atoms with Gasteiger partial charge in [0, 0.05) is 0 Å². The maximum atomic E-state index is 13.1. The van der Waals surface area contributed by atoms with Gasteiger partial charge < -0.3 is 9.84 Å². The fourth-order valence-corrected chi connectivity index (χ4v) is 10.2. The minimum absolute atomic E-state index is 0.0569. The highest BCUT2D eigenvalue weighted by molar-refractivity contribution is 5.78. The third kappa shape index (κ3) is 4.24. The predicted octanol–water partition coefficient (Wildman–Crippen LogP) is 8.20. The SMILES string of the molecule is CC.CC.COC(=O)C12CCCC(C)C1C1=CCC3C(C)(CCC4C(C)C(O)CCC43C)C1CC2. The number of hydrogen-bond acceptors (Lipinski definition) is 3. The van der Waals surface area contributed by atoms with Gasteiger partial charge in [0.1, 0.15) is 0 Å². The first kappa shape index (κ1) is 28.7. The molecule has 3 heteroatoms. The third-order valence-electron chi connectivity index (χ3n) is 11.7. The van der Waals surface area contributed by atoms with Gasteiger partial charge in [-0.15, -0.1) is 0 Å². The summed E-state index contributed by atoms with van der Waals surface area (Å²) in [6.45, 7) is 17.9. The number of allylic oxidation sites excluding steroid dienone is 2. The van der Waals surface area contributed by atoms with Crippen molar-refractivity contribution in [1.82, 2.24) is 0 Å². The monoisotopic (exact) mass is 488 g/mol. The number of esters is 1. The van der Waals surface area contributed by atoms with Gasteiger partial charge in [0.15, 0.2) is 0 Å². The molecule has 10 unspecified atom stereocenters. The van der Waals surface area contributed by atoms with Crippen LogP contribution in [0, 0.1) is 51.8 Å². The van der Waals surface area contributed by atoms with Gasteiger partial charge in [-0.3, -0.25) is 4.79 Å². The quantitative estimate of drug-likeness (QED) is 0.299. The Bertz CT molecular complexity index is 773. The van der Waals surface area contributed by atoms with Gasteiger partial charge in [0.05, 0.1) is 18.6 Å². The van der Waals surface area contributed by atoms with E-state index >= 15 is 0 Å². The van der Waals surface area contributed by atoms with E-state index in [9.17, 15) is 9.90 Å². The Hall–Kier alpha value is -0.830. The van der Waals surface area contributed by atoms with Crippen LogP contribution in [0.3, 0.4) is 0 Å². The second kappa shape index (κ2) is 10.9. The molecule has 35 heavy (non-hydrogen) atoms. The van der Waals surface area contributed by atoms with Crippen LogP contribution in [0.2, 0.25) is 0 Å². The van der Waals surface area contributed by atoms with Crippen LogP contribution in [0.25, 0.3) is 0 Å². The van der Waals surface area contributed by atoms with E-state index in [0.29, 0.717) is 46.3 Å². The van der Waals surface area contributed by atoms with E-state index in [4.69, 9.17) is 4.74 Å². The van der Waals surface area contributed by atoms with Crippen LogP contribution in [-0.2, 0) is 9.53 Å². The average Bonchev–Trinajstić information content (AvgIpc) is 2.88. The lowest BCUT2D eigenvalue weighted by Gasteiger charge is -2.66. The molecular formula is C32H56O3. The van der Waals surface area contributed by atoms with Crippen molar-refractivity contribution in [3.8, 4) is 0 Å². The molecule has 0 radical (unpaired) electrons. The Kier molecular flexibility index (Phi) is 8.93. The summed E-state index contributed by atoms with van der Waals surface area (Å²) in [7, 11) is 1.59. The zero-order chi connectivity index (χ0) is 26.2. The largest absolute Gasteiger partial charge is 0.469 e. The smallest absolute Gasteiger partial charge is 0.312 e. The van der Waals surface area contributed by atoms with Gasteiger partial charge in [-0.05, 0) is 97.7 Å². The first-order valence-electron chi connectivity index (χ1n) is 15.2. The molecule has 1 N–H and O–H groups in total. The minimum atomic E-state index is -0.275. The lowest BCUT2D eigenvalue weighted by molar-refractivity contribution is -0.172. The number of rotatable bonds is 1. The molecule has 0 aliphatic heterocycles. The topological polar surface area (TPSA) is 46.5 Å². The molecule has 5 aliphatic rings. The van der Waals surface area contributed by atoms with Crippen LogP contribution in [-0.4, -0.2) is 24.3 Å². The van der Waals surface area contributed by atoms with Crippen LogP contribution in [0.15, 0.2) is 11.6 Å². The summed E-state index contributed by atoms with van der Waals surface area (Å²) in [5, 5.41) is 10.6. The van der Waals surface area contributed by atoms with Crippen LogP contribution >= 0.6 is 0 Å². The lowest BCUT2D eigenvalue weighted by atomic mass is 9.38. The molecule has 202 valence electrons. The van der Waals surface area contributed by atoms with Gasteiger partial charge in [-0.2, -0.15) is 0 Å². The van der Waals surface area contributed by atoms with Gasteiger partial charge in [0.2, 0.25) is 0 Å². The number of hydrogen-bond donors (Lipinski definition) is 1. The fourth-order valence-electron chi connectivity index (χ4n) is 10.2. The standard InChI is InChI=1S/C28H44O3.2C2H6/c1-17-7-6-13-28(25(30)31-5)16-11-21-19(24(17)28)8-9-23-26(3)15-12-22(29)18(2)20(26)10-14-27(21,23)4;2*1-2/h8,17-18,20-24,29H,6-7,9-16H2,1-5H3;2*1-2H3. The number of carbonyl (C=O) groups excluding carboxylic acids is 1. The zero-order valence-electron chi connectivity index (χ0n) is 24.5. The van der Waals surface area contributed by atoms with Gasteiger partial charge in [0.25, 0.3) is 0 Å². The molecule has 0 saturated heterocycles. The first-order valence-corrected chi connectivity index (χ1v) is 15.2. The minimum Gasteiger partial charge on any atom is -0.469 e. The van der Waals surface area contributed by atoms with Crippen molar-refractivity contribution in [3.05, 3.63) is 11.6 Å². The molecule has 0 aromatic rings. The summed E-state index contributed by atoms with van der Waals surface area (Å²) in [6.07, 6.45) is 13.9. The van der Waals surface area contributed by atoms with E-state index in [0.717, 1.165) is 32.1 Å². The normalized spacial score (nSPS) is 48.1. The Morgan fingerprint density at radius 3 is 2.26 bits per heavy atom. The van der Waals surface area contributed by atoms with Gasteiger partial charge >= 0.3 is 5.97 Å². The Morgan fingerprint density at radius 2 is 1.60 bits per heavy atom. The lowest BCUT2D eigenvalue weighted by Crippen LogP contribution is -2.60. The van der Waals surface area contributed by atoms with Crippen molar-refractivity contribution >= 4 is 5.97 Å². The molecule has 0 aromatic heterocycles. The number of carbonyl (C=O) groups is 1. The summed E-state index contributed by atoms with van der Waals surface area (Å²) >= 11 is 0. The summed E-state index contributed by atoms with van der Waals surface area (Å²) in [5.74, 6) is 3.39. The average molecular weight is 489 g/mol. The summed E-state index contributed by atoms with van der Waals surface area (Å²) in [6, 6.07) is 0. The van der Waals surface area contributed by atoms with Crippen molar-refractivity contribution in [2.45, 2.75) is 126 Å². The van der Waals surface area contributed by atoms with Gasteiger partial charge in [-0.1, -0.05) is 79.9 Å². The molecule has 4 fully saturated rings. The maximum Gasteiger partial charge on any atom is 0.312 e. The molecule has 0 bridgehead atoms. The molecule has 4 saturated carbocycles. The fraction of sp³-hybridized carbons (Fsp3) is 0.906. The number of fused-ring (bicyclic) bond motifs is 7. The highest BCUT2D eigenvalue weighted by atomic mass is 16.5. The van der Waals surface area contributed by atoms with Gasteiger partial charge in [-0.25, -0.2) is 0 Å². The van der Waals surface area contributed by atoms with Crippen LogP contribution in [0.5, 0.6) is 0 Å². The molecule has 5 rings (SSSR count). The Morgan fingerprint density at radius 1 is 0.943 bits per heavy atom. The van der Waals surface area contributed by atoms with Crippen LogP contribution in [0.4, 0.5) is 0 Å². The highest BCUT2D eigenvalue weighted by Crippen LogP contribution is 2.70. The first-order chi connectivity index (χ1) is 16.7. The second-order valence-corrected chi connectivity index (χ2v) is 12.7. The molecule has 0 spiro atoms. The summed E-state index contributed by atoms with van der Waals surface area (Å²) in [5.41, 5.74) is 2.02. The molecule has 0 amide bonds. The maximum absolute atomic E-state index is 13.1. The molecule has 0 aromatic carbocycles. The van der Waals surface area contributed by atoms with Crippen molar-refractivity contribution in [1.29, 1.82) is 0 Å². The molecule has 3 nitrogen and oxygen atoms in total.